The summed E-state index contributed by atoms with van der Waals surface area (Å²) in [6.07, 6.45) is -0.455. The van der Waals surface area contributed by atoms with Crippen LogP contribution in [0.2, 0.25) is 0 Å². The minimum Gasteiger partial charge on any atom is -0.428 e. The van der Waals surface area contributed by atoms with Crippen molar-refractivity contribution in [2.45, 2.75) is 32.5 Å². The zero-order valence-electron chi connectivity index (χ0n) is 12.5. The van der Waals surface area contributed by atoms with E-state index in [1.54, 1.807) is 0 Å². The molecule has 1 heterocycles. The number of rotatable bonds is 2. The van der Waals surface area contributed by atoms with Gasteiger partial charge in [0.1, 0.15) is 0 Å². The molecule has 1 aliphatic heterocycles. The Kier molecular flexibility index (Phi) is 3.42. The number of oxime groups is 1. The third kappa shape index (κ3) is 2.92. The summed E-state index contributed by atoms with van der Waals surface area (Å²) >= 11 is 0. The molecule has 1 unspecified atom stereocenters. The first-order valence-electron chi connectivity index (χ1n) is 7.10. The molecule has 0 amide bonds. The van der Waals surface area contributed by atoms with Crippen LogP contribution in [-0.2, 0) is 15.0 Å². The number of hydrogen-bond donors (Lipinski definition) is 0. The van der Waals surface area contributed by atoms with Gasteiger partial charge in [-0.15, -0.1) is 0 Å². The third-order valence-corrected chi connectivity index (χ3v) is 3.52. The van der Waals surface area contributed by atoms with E-state index in [2.05, 4.69) is 38.1 Å². The SMILES string of the molecule is CC(C)(C)c1ccc(C2=NOC(c3ccccc3)O2)cc1. The van der Waals surface area contributed by atoms with Crippen LogP contribution in [0, 0.1) is 0 Å². The highest BCUT2D eigenvalue weighted by Gasteiger charge is 2.25. The minimum absolute atomic E-state index is 0.139. The molecule has 0 radical (unpaired) electrons. The van der Waals surface area contributed by atoms with Crippen molar-refractivity contribution in [1.29, 1.82) is 0 Å². The quantitative estimate of drug-likeness (QED) is 0.817. The molecule has 3 rings (SSSR count). The number of benzene rings is 2. The fourth-order valence-electron chi connectivity index (χ4n) is 2.21. The van der Waals surface area contributed by atoms with E-state index < -0.39 is 6.29 Å². The van der Waals surface area contributed by atoms with Crippen molar-refractivity contribution in [1.82, 2.24) is 0 Å². The van der Waals surface area contributed by atoms with Gasteiger partial charge in [0.05, 0.1) is 0 Å². The largest absolute Gasteiger partial charge is 0.428 e. The normalized spacial score (nSPS) is 17.9. The van der Waals surface area contributed by atoms with Crippen molar-refractivity contribution in [3.63, 3.8) is 0 Å². The fourth-order valence-corrected chi connectivity index (χ4v) is 2.21. The molecular weight excluding hydrogens is 262 g/mol. The van der Waals surface area contributed by atoms with Crippen molar-refractivity contribution in [3.05, 3.63) is 71.3 Å². The summed E-state index contributed by atoms with van der Waals surface area (Å²) in [6, 6.07) is 18.1. The van der Waals surface area contributed by atoms with E-state index in [9.17, 15) is 0 Å². The first-order valence-corrected chi connectivity index (χ1v) is 7.10. The standard InChI is InChI=1S/C18H19NO2/c1-18(2,3)15-11-9-13(10-12-15)16-19-21-17(20-16)14-7-5-4-6-8-14/h4-12,17H,1-3H3. The number of hydrogen-bond acceptors (Lipinski definition) is 3. The molecule has 0 fully saturated rings. The molecule has 0 spiro atoms. The Bertz CT molecular complexity index is 639. The maximum Gasteiger partial charge on any atom is 0.293 e. The Morgan fingerprint density at radius 3 is 2.19 bits per heavy atom. The molecule has 2 aromatic rings. The van der Waals surface area contributed by atoms with Crippen LogP contribution in [0.1, 0.15) is 43.8 Å². The van der Waals surface area contributed by atoms with Gasteiger partial charge in [-0.3, -0.25) is 0 Å². The zero-order valence-corrected chi connectivity index (χ0v) is 12.5. The lowest BCUT2D eigenvalue weighted by Gasteiger charge is -2.19. The highest BCUT2D eigenvalue weighted by molar-refractivity contribution is 5.94. The van der Waals surface area contributed by atoms with Crippen molar-refractivity contribution in [2.75, 3.05) is 0 Å². The lowest BCUT2D eigenvalue weighted by Crippen LogP contribution is -2.11. The zero-order chi connectivity index (χ0) is 14.9. The van der Waals surface area contributed by atoms with Gasteiger partial charge in [0.2, 0.25) is 0 Å². The summed E-state index contributed by atoms with van der Waals surface area (Å²) in [5.74, 6) is 0.532. The Balaban J connectivity index is 1.74. The van der Waals surface area contributed by atoms with Crippen molar-refractivity contribution < 1.29 is 9.57 Å². The van der Waals surface area contributed by atoms with Crippen molar-refractivity contribution in [2.24, 2.45) is 5.16 Å². The van der Waals surface area contributed by atoms with E-state index in [-0.39, 0.29) is 5.41 Å². The van der Waals surface area contributed by atoms with E-state index in [1.165, 1.54) is 5.56 Å². The summed E-state index contributed by atoms with van der Waals surface area (Å²) in [5, 5.41) is 4.05. The molecule has 1 aliphatic rings. The van der Waals surface area contributed by atoms with E-state index in [0.717, 1.165) is 11.1 Å². The second kappa shape index (κ2) is 5.24. The van der Waals surface area contributed by atoms with E-state index in [1.807, 2.05) is 42.5 Å². The second-order valence-electron chi connectivity index (χ2n) is 6.19. The van der Waals surface area contributed by atoms with Crippen LogP contribution in [0.25, 0.3) is 0 Å². The molecule has 1 atom stereocenters. The van der Waals surface area contributed by atoms with Crippen LogP contribution in [0.5, 0.6) is 0 Å². The third-order valence-electron chi connectivity index (χ3n) is 3.52. The summed E-state index contributed by atoms with van der Waals surface area (Å²) < 4.78 is 5.79. The van der Waals surface area contributed by atoms with Crippen LogP contribution in [-0.4, -0.2) is 5.90 Å². The molecule has 0 aromatic heterocycles. The monoisotopic (exact) mass is 281 g/mol. The first kappa shape index (κ1) is 13.7. The molecule has 0 bridgehead atoms. The van der Waals surface area contributed by atoms with Crippen LogP contribution in [0.4, 0.5) is 0 Å². The van der Waals surface area contributed by atoms with Gasteiger partial charge >= 0.3 is 0 Å². The molecular formula is C18H19NO2. The summed E-state index contributed by atoms with van der Waals surface area (Å²) in [5.41, 5.74) is 3.31. The number of ether oxygens (including phenoxy) is 1. The molecule has 0 saturated heterocycles. The molecule has 0 N–H and O–H groups in total. The van der Waals surface area contributed by atoms with Gasteiger partial charge in [-0.25, -0.2) is 0 Å². The molecule has 2 aromatic carbocycles. The van der Waals surface area contributed by atoms with Crippen LogP contribution in [0.3, 0.4) is 0 Å². The Labute approximate surface area is 125 Å². The average molecular weight is 281 g/mol. The van der Waals surface area contributed by atoms with Gasteiger partial charge in [0.15, 0.2) is 0 Å². The molecule has 3 heteroatoms. The second-order valence-corrected chi connectivity index (χ2v) is 6.19. The van der Waals surface area contributed by atoms with Gasteiger partial charge in [0.25, 0.3) is 12.2 Å². The molecule has 21 heavy (non-hydrogen) atoms. The maximum atomic E-state index is 5.79. The predicted molar refractivity (Wildman–Crippen MR) is 83.0 cm³/mol. The number of nitrogens with zero attached hydrogens (tertiary/aromatic N) is 1. The summed E-state index contributed by atoms with van der Waals surface area (Å²) in [6.45, 7) is 6.58. The van der Waals surface area contributed by atoms with E-state index in [0.29, 0.717) is 5.90 Å². The Morgan fingerprint density at radius 2 is 1.57 bits per heavy atom. The van der Waals surface area contributed by atoms with Gasteiger partial charge in [-0.2, -0.15) is 0 Å². The van der Waals surface area contributed by atoms with Crippen LogP contribution in [0.15, 0.2) is 59.8 Å². The van der Waals surface area contributed by atoms with Crippen molar-refractivity contribution in [3.8, 4) is 0 Å². The van der Waals surface area contributed by atoms with Gasteiger partial charge in [0, 0.05) is 11.1 Å². The molecule has 3 nitrogen and oxygen atoms in total. The van der Waals surface area contributed by atoms with Crippen LogP contribution >= 0.6 is 0 Å². The minimum atomic E-state index is -0.455. The maximum absolute atomic E-state index is 5.79. The Morgan fingerprint density at radius 1 is 0.905 bits per heavy atom. The first-order chi connectivity index (χ1) is 10.0. The Hall–Kier alpha value is -2.29. The lowest BCUT2D eigenvalue weighted by atomic mass is 9.87. The van der Waals surface area contributed by atoms with Crippen LogP contribution < -0.4 is 0 Å². The van der Waals surface area contributed by atoms with Gasteiger partial charge in [-0.05, 0) is 28.3 Å². The topological polar surface area (TPSA) is 30.8 Å². The predicted octanol–water partition coefficient (Wildman–Crippen LogP) is 4.39. The van der Waals surface area contributed by atoms with Gasteiger partial charge in [-0.1, -0.05) is 63.2 Å². The molecule has 0 aliphatic carbocycles. The average Bonchev–Trinajstić information content (AvgIpc) is 2.97. The van der Waals surface area contributed by atoms with E-state index >= 15 is 0 Å². The molecule has 108 valence electrons. The van der Waals surface area contributed by atoms with E-state index in [4.69, 9.17) is 9.57 Å². The smallest absolute Gasteiger partial charge is 0.293 e. The highest BCUT2D eigenvalue weighted by Crippen LogP contribution is 2.28. The summed E-state index contributed by atoms with van der Waals surface area (Å²) in [7, 11) is 0. The fraction of sp³-hybridized carbons (Fsp3) is 0.278. The van der Waals surface area contributed by atoms with Gasteiger partial charge < -0.3 is 9.57 Å². The summed E-state index contributed by atoms with van der Waals surface area (Å²) in [4.78, 5) is 5.37. The lowest BCUT2D eigenvalue weighted by molar-refractivity contribution is -0.0498. The van der Waals surface area contributed by atoms with Crippen molar-refractivity contribution >= 4 is 5.90 Å². The highest BCUT2D eigenvalue weighted by atomic mass is 16.8. The molecule has 0 saturated carbocycles.